The first-order valence-electron chi connectivity index (χ1n) is 19.4. The van der Waals surface area contributed by atoms with Gasteiger partial charge in [0.2, 0.25) is 0 Å². The van der Waals surface area contributed by atoms with Gasteiger partial charge in [-0.2, -0.15) is 0 Å². The molecule has 3 aromatic heterocycles. The number of aliphatic hydroxyl groups is 2. The number of halogens is 1. The van der Waals surface area contributed by atoms with Gasteiger partial charge in [0.1, 0.15) is 12.1 Å². The molecule has 0 unspecified atom stereocenters. The Bertz CT molecular complexity index is 2100. The number of anilines is 1. The van der Waals surface area contributed by atoms with Crippen molar-refractivity contribution in [2.45, 2.75) is 39.9 Å². The number of nitrogens with two attached hydrogens (primary N) is 1. The molecular formula is C41H54FN9O8. The van der Waals surface area contributed by atoms with Gasteiger partial charge >= 0.3 is 0 Å². The van der Waals surface area contributed by atoms with Crippen molar-refractivity contribution >= 4 is 41.3 Å². The van der Waals surface area contributed by atoms with Crippen molar-refractivity contribution in [2.75, 3.05) is 84.1 Å². The Balaban J connectivity index is 0.000000202. The summed E-state index contributed by atoms with van der Waals surface area (Å²) in [5.41, 5.74) is 11.4. The average molecular weight is 820 g/mol. The molecule has 17 nitrogen and oxygen atoms in total. The predicted octanol–water partition coefficient (Wildman–Crippen LogP) is 1.65. The number of aryl methyl sites for hydroxylation is 2. The highest BCUT2D eigenvalue weighted by atomic mass is 19.1. The summed E-state index contributed by atoms with van der Waals surface area (Å²) in [5.74, 6) is -1.24. The average Bonchev–Trinajstić information content (AvgIpc) is 4.00. The Morgan fingerprint density at radius 2 is 1.53 bits per heavy atom. The zero-order chi connectivity index (χ0) is 42.6. The molecule has 0 aliphatic carbocycles. The summed E-state index contributed by atoms with van der Waals surface area (Å²) in [4.78, 5) is 62.1. The van der Waals surface area contributed by atoms with Crippen molar-refractivity contribution in [3.05, 3.63) is 93.3 Å². The number of hydrogen-bond acceptors (Lipinski definition) is 12. The summed E-state index contributed by atoms with van der Waals surface area (Å²) < 4.78 is 25.5. The molecule has 4 aromatic rings. The van der Waals surface area contributed by atoms with Crippen LogP contribution in [-0.4, -0.2) is 155 Å². The zero-order valence-electron chi connectivity index (χ0n) is 33.8. The minimum absolute atomic E-state index is 0.131. The summed E-state index contributed by atoms with van der Waals surface area (Å²) in [6.45, 7) is 14.9. The number of amides is 2. The van der Waals surface area contributed by atoms with E-state index in [2.05, 4.69) is 35.4 Å². The zero-order valence-corrected chi connectivity index (χ0v) is 33.8. The van der Waals surface area contributed by atoms with E-state index in [-0.39, 0.29) is 30.4 Å². The number of H-pyrrole nitrogens is 2. The number of carbonyl (C=O) groups excluding carboxylic acids is 4. The number of fused-ring (bicyclic) bond motifs is 1. The lowest BCUT2D eigenvalue weighted by Gasteiger charge is -2.28. The number of aromatic amines is 2. The van der Waals surface area contributed by atoms with E-state index < -0.39 is 11.9 Å². The van der Waals surface area contributed by atoms with Crippen LogP contribution in [0.4, 0.5) is 10.1 Å². The third-order valence-corrected chi connectivity index (χ3v) is 10.2. The summed E-state index contributed by atoms with van der Waals surface area (Å²) in [6, 6.07) is 4.13. The van der Waals surface area contributed by atoms with Crippen LogP contribution in [0.2, 0.25) is 0 Å². The molecule has 1 aromatic carbocycles. The smallest absolute Gasteiger partial charge is 0.265 e. The molecule has 2 atom stereocenters. The van der Waals surface area contributed by atoms with E-state index in [1.807, 2.05) is 0 Å². The maximum atomic E-state index is 13.7. The van der Waals surface area contributed by atoms with Crippen molar-refractivity contribution in [1.82, 2.24) is 34.6 Å². The summed E-state index contributed by atoms with van der Waals surface area (Å²) >= 11 is 0. The highest BCUT2D eigenvalue weighted by Crippen LogP contribution is 2.34. The van der Waals surface area contributed by atoms with Crippen LogP contribution in [0.15, 0.2) is 36.9 Å². The van der Waals surface area contributed by atoms with Gasteiger partial charge in [0.15, 0.2) is 6.29 Å². The lowest BCUT2D eigenvalue weighted by molar-refractivity contribution is -0.110. The first-order valence-corrected chi connectivity index (χ1v) is 19.4. The number of carbonyl (C=O) groups is 4. The fraction of sp³-hybridized carbons (Fsp3) is 0.439. The van der Waals surface area contributed by atoms with E-state index in [1.54, 1.807) is 40.0 Å². The minimum atomic E-state index is -0.688. The van der Waals surface area contributed by atoms with Crippen molar-refractivity contribution in [3.63, 3.8) is 0 Å². The second kappa shape index (κ2) is 21.1. The number of rotatable bonds is 11. The molecule has 0 spiro atoms. The number of aromatic nitrogens is 4. The molecule has 318 valence electrons. The standard InChI is InChI=1S/C23H27FN4O4.C11H11N3O2.C7H16N2O2/c1-13-20(10-18-17-9-15(24)3-4-19(17)27-22(18)30)26-14(2)21(13)23(31)25-11-16(29)12-28-5-7-32-8-6-28;1-7-9(5-15)13-8(2)10(7)11(16)14-4-3-12-6-14;8-5-7(10)6-9-1-3-11-4-2-9/h3-4,9-10,16,26,29H,5-8,11-12H2,1-2H3,(H,25,31)(H,27,30);3-6,13H,1-2H3;7,10H,1-6,8H2/b18-10-;;/t16-;;7-/m1.1/s1. The minimum Gasteiger partial charge on any atom is -0.390 e. The number of aldehydes is 1. The second-order valence-electron chi connectivity index (χ2n) is 14.5. The predicted molar refractivity (Wildman–Crippen MR) is 219 cm³/mol. The first-order chi connectivity index (χ1) is 28.3. The molecule has 2 amide bonds. The van der Waals surface area contributed by atoms with Crippen LogP contribution in [0.1, 0.15) is 65.0 Å². The molecule has 8 N–H and O–H groups in total. The van der Waals surface area contributed by atoms with Gasteiger partial charge in [0.25, 0.3) is 17.7 Å². The molecule has 3 aliphatic heterocycles. The molecule has 3 aliphatic rings. The monoisotopic (exact) mass is 819 g/mol. The highest BCUT2D eigenvalue weighted by molar-refractivity contribution is 6.35. The number of nitrogens with zero attached hydrogens (tertiary/aromatic N) is 4. The molecule has 7 rings (SSSR count). The largest absolute Gasteiger partial charge is 0.390 e. The number of ether oxygens (including phenoxy) is 2. The Kier molecular flexibility index (Phi) is 16.0. The lowest BCUT2D eigenvalue weighted by atomic mass is 10.0. The second-order valence-corrected chi connectivity index (χ2v) is 14.5. The first kappa shape index (κ1) is 44.8. The van der Waals surface area contributed by atoms with Gasteiger partial charge < -0.3 is 46.0 Å². The van der Waals surface area contributed by atoms with Gasteiger partial charge in [0, 0.05) is 93.1 Å². The van der Waals surface area contributed by atoms with Crippen molar-refractivity contribution < 1.29 is 43.3 Å². The normalized spacial score (nSPS) is 17.2. The van der Waals surface area contributed by atoms with E-state index in [9.17, 15) is 33.8 Å². The van der Waals surface area contributed by atoms with Gasteiger partial charge in [-0.1, -0.05) is 0 Å². The Morgan fingerprint density at radius 3 is 2.10 bits per heavy atom. The summed E-state index contributed by atoms with van der Waals surface area (Å²) in [7, 11) is 0. The topological polar surface area (TPSA) is 233 Å². The quantitative estimate of drug-likeness (QED) is 0.0846. The van der Waals surface area contributed by atoms with E-state index in [0.717, 1.165) is 39.4 Å². The Morgan fingerprint density at radius 1 is 0.932 bits per heavy atom. The van der Waals surface area contributed by atoms with Gasteiger partial charge in [0.05, 0.1) is 61.0 Å². The van der Waals surface area contributed by atoms with Gasteiger partial charge in [-0.15, -0.1) is 0 Å². The number of morpholine rings is 2. The number of aliphatic hydroxyl groups excluding tert-OH is 2. The van der Waals surface area contributed by atoms with Crippen molar-refractivity contribution in [1.29, 1.82) is 0 Å². The van der Waals surface area contributed by atoms with Crippen LogP contribution in [-0.2, 0) is 14.3 Å². The number of β-amino-alcohol motifs (C(OH)–C–C–N with tert-alkyl or cyclic N) is 2. The molecule has 0 radical (unpaired) electrons. The Labute approximate surface area is 341 Å². The molecule has 0 saturated carbocycles. The van der Waals surface area contributed by atoms with Gasteiger partial charge in [-0.05, 0) is 63.1 Å². The molecular weight excluding hydrogens is 766 g/mol. The highest BCUT2D eigenvalue weighted by Gasteiger charge is 2.27. The number of hydrogen-bond donors (Lipinski definition) is 7. The van der Waals surface area contributed by atoms with Gasteiger partial charge in [-0.25, -0.2) is 9.37 Å². The fourth-order valence-electron chi connectivity index (χ4n) is 7.03. The maximum absolute atomic E-state index is 13.7. The van der Waals surface area contributed by atoms with Crippen LogP contribution in [0, 0.1) is 33.5 Å². The van der Waals surface area contributed by atoms with Gasteiger partial charge in [-0.3, -0.25) is 33.5 Å². The van der Waals surface area contributed by atoms with Crippen LogP contribution >= 0.6 is 0 Å². The van der Waals surface area contributed by atoms with Crippen LogP contribution < -0.4 is 16.4 Å². The van der Waals surface area contributed by atoms with Crippen LogP contribution in [0.3, 0.4) is 0 Å². The molecule has 18 heteroatoms. The van der Waals surface area contributed by atoms with Crippen LogP contribution in [0.25, 0.3) is 11.6 Å². The SMILES string of the molecule is Cc1[nH]c(/C=C2\C(=O)Nc3ccc(F)cc32)c(C)c1C(=O)NC[C@@H](O)CN1CCOCC1.Cc1[nH]c(C=O)c(C)c1C(=O)n1ccnc1.NC[C@@H](O)CN1CCOCC1. The molecule has 2 fully saturated rings. The molecule has 59 heavy (non-hydrogen) atoms. The molecule has 0 bridgehead atoms. The van der Waals surface area contributed by atoms with E-state index >= 15 is 0 Å². The summed E-state index contributed by atoms with van der Waals surface area (Å²) in [5, 5.41) is 25.0. The maximum Gasteiger partial charge on any atom is 0.265 e. The third-order valence-electron chi connectivity index (χ3n) is 10.2. The number of benzene rings is 1. The van der Waals surface area contributed by atoms with E-state index in [4.69, 9.17) is 15.2 Å². The molecule has 2 saturated heterocycles. The van der Waals surface area contributed by atoms with Crippen LogP contribution in [0.5, 0.6) is 0 Å². The Hall–Kier alpha value is -5.34. The third kappa shape index (κ3) is 11.7. The number of nitrogens with one attached hydrogen (secondary N) is 4. The molecule has 6 heterocycles. The number of imidazole rings is 1. The van der Waals surface area contributed by atoms with E-state index in [0.29, 0.717) is 101 Å². The summed E-state index contributed by atoms with van der Waals surface area (Å²) in [6.07, 6.45) is 5.83. The van der Waals surface area contributed by atoms with Crippen molar-refractivity contribution in [3.8, 4) is 0 Å². The van der Waals surface area contributed by atoms with E-state index in [1.165, 1.54) is 35.3 Å². The lowest BCUT2D eigenvalue weighted by Crippen LogP contribution is -2.44. The fourth-order valence-corrected chi connectivity index (χ4v) is 7.03. The van der Waals surface area contributed by atoms with Crippen molar-refractivity contribution in [2.24, 2.45) is 5.73 Å².